The van der Waals surface area contributed by atoms with Crippen LogP contribution in [0.4, 0.5) is 11.4 Å². The van der Waals surface area contributed by atoms with Crippen molar-refractivity contribution in [1.29, 1.82) is 0 Å². The fraction of sp³-hybridized carbons (Fsp3) is 0.357. The van der Waals surface area contributed by atoms with Crippen molar-refractivity contribution in [1.82, 2.24) is 0 Å². The van der Waals surface area contributed by atoms with Crippen LogP contribution in [0.25, 0.3) is 0 Å². The average molecular weight is 455 g/mol. The summed E-state index contributed by atoms with van der Waals surface area (Å²) in [5, 5.41) is 0. The van der Waals surface area contributed by atoms with E-state index in [1.807, 2.05) is 64.1 Å². The summed E-state index contributed by atoms with van der Waals surface area (Å²) < 4.78 is 0. The molecule has 0 N–H and O–H groups in total. The zero-order chi connectivity index (χ0) is 24.0. The summed E-state index contributed by atoms with van der Waals surface area (Å²) in [7, 11) is 0. The molecule has 0 aromatic heterocycles. The van der Waals surface area contributed by atoms with Gasteiger partial charge in [0.2, 0.25) is 23.6 Å². The van der Waals surface area contributed by atoms with Crippen molar-refractivity contribution in [3.05, 3.63) is 70.8 Å². The summed E-state index contributed by atoms with van der Waals surface area (Å²) in [4.78, 5) is 57.0. The van der Waals surface area contributed by atoms with E-state index in [-0.39, 0.29) is 23.6 Å². The summed E-state index contributed by atoms with van der Waals surface area (Å²) in [5.41, 5.74) is 5.29. The van der Waals surface area contributed by atoms with Crippen molar-refractivity contribution in [2.45, 2.75) is 27.7 Å². The SMILES string of the molecule is Cc1ccc(N2C(=O)[C@@H]3C4C=CC([C@H]3C2=O)[C@@H]2C(=O)N(c3ccc(C)c(C)c3)C(=O)[C@@H]42)cc1C. The van der Waals surface area contributed by atoms with Crippen molar-refractivity contribution in [2.75, 3.05) is 9.80 Å². The van der Waals surface area contributed by atoms with Gasteiger partial charge in [0, 0.05) is 11.8 Å². The molecule has 2 bridgehead atoms. The van der Waals surface area contributed by atoms with Gasteiger partial charge in [0.25, 0.3) is 0 Å². The number of hydrogen-bond donors (Lipinski definition) is 0. The molecule has 172 valence electrons. The van der Waals surface area contributed by atoms with Crippen LogP contribution < -0.4 is 9.80 Å². The summed E-state index contributed by atoms with van der Waals surface area (Å²) in [6, 6.07) is 11.1. The van der Waals surface area contributed by atoms with Crippen molar-refractivity contribution in [2.24, 2.45) is 35.5 Å². The molecule has 2 heterocycles. The Morgan fingerprint density at radius 1 is 0.500 bits per heavy atom. The van der Waals surface area contributed by atoms with E-state index < -0.39 is 35.5 Å². The third kappa shape index (κ3) is 2.57. The Bertz CT molecular complexity index is 1200. The summed E-state index contributed by atoms with van der Waals surface area (Å²) >= 11 is 0. The van der Waals surface area contributed by atoms with Gasteiger partial charge in [-0.25, -0.2) is 0 Å². The predicted octanol–water partition coefficient (Wildman–Crippen LogP) is 3.65. The van der Waals surface area contributed by atoms with Crippen LogP contribution in [0.1, 0.15) is 22.3 Å². The fourth-order valence-electron chi connectivity index (χ4n) is 6.46. The Balaban J connectivity index is 1.39. The number of imide groups is 2. The third-order valence-electron chi connectivity index (χ3n) is 8.51. The molecule has 7 rings (SSSR count). The molecule has 6 heteroatoms. The minimum atomic E-state index is -0.609. The lowest BCUT2D eigenvalue weighted by Gasteiger charge is -2.44. The molecule has 2 aliphatic heterocycles. The van der Waals surface area contributed by atoms with Gasteiger partial charge < -0.3 is 0 Å². The Labute approximate surface area is 198 Å². The van der Waals surface area contributed by atoms with Crippen molar-refractivity contribution < 1.29 is 19.2 Å². The first kappa shape index (κ1) is 21.0. The Morgan fingerprint density at radius 2 is 0.824 bits per heavy atom. The number of anilines is 2. The van der Waals surface area contributed by atoms with E-state index in [9.17, 15) is 19.2 Å². The molecule has 0 radical (unpaired) electrons. The molecule has 0 spiro atoms. The lowest BCUT2D eigenvalue weighted by molar-refractivity contribution is -0.137. The molecule has 6 nitrogen and oxygen atoms in total. The predicted molar refractivity (Wildman–Crippen MR) is 127 cm³/mol. The first-order valence-electron chi connectivity index (χ1n) is 11.8. The second-order valence-corrected chi connectivity index (χ2v) is 10.2. The van der Waals surface area contributed by atoms with Gasteiger partial charge >= 0.3 is 0 Å². The molecule has 5 aliphatic rings. The quantitative estimate of drug-likeness (QED) is 0.513. The number of allylic oxidation sites excluding steroid dienone is 2. The van der Waals surface area contributed by atoms with Crippen LogP contribution in [0.2, 0.25) is 0 Å². The maximum atomic E-state index is 13.6. The standard InChI is InChI=1S/C28H26N2O4/c1-13-5-7-17(11-15(13)3)29-25(31)21-19-9-10-20(22(21)26(29)32)24-23(19)27(33)30(28(24)34)18-8-6-14(2)16(4)12-18/h5-12,19-24H,1-4H3/t19?,20?,21-,22-,23+,24+. The Kier molecular flexibility index (Phi) is 4.32. The lowest BCUT2D eigenvalue weighted by atomic mass is 9.54. The zero-order valence-electron chi connectivity index (χ0n) is 19.6. The van der Waals surface area contributed by atoms with Crippen LogP contribution in [0.3, 0.4) is 0 Å². The van der Waals surface area contributed by atoms with Crippen LogP contribution in [-0.2, 0) is 19.2 Å². The van der Waals surface area contributed by atoms with Gasteiger partial charge in [-0.05, 0) is 74.2 Å². The molecule has 34 heavy (non-hydrogen) atoms. The maximum absolute atomic E-state index is 13.6. The second kappa shape index (κ2) is 6.98. The first-order valence-corrected chi connectivity index (χ1v) is 11.8. The molecule has 1 saturated carbocycles. The second-order valence-electron chi connectivity index (χ2n) is 10.2. The van der Waals surface area contributed by atoms with Crippen LogP contribution in [0.5, 0.6) is 0 Å². The monoisotopic (exact) mass is 454 g/mol. The fourth-order valence-corrected chi connectivity index (χ4v) is 6.46. The van der Waals surface area contributed by atoms with Crippen molar-refractivity contribution in [3.8, 4) is 0 Å². The number of carbonyl (C=O) groups excluding carboxylic acids is 4. The number of amides is 4. The number of carbonyl (C=O) groups is 4. The molecule has 2 saturated heterocycles. The minimum Gasteiger partial charge on any atom is -0.274 e. The Hall–Kier alpha value is -3.54. The first-order chi connectivity index (χ1) is 16.2. The Morgan fingerprint density at radius 3 is 1.12 bits per heavy atom. The summed E-state index contributed by atoms with van der Waals surface area (Å²) in [6.07, 6.45) is 3.80. The van der Waals surface area contributed by atoms with Gasteiger partial charge in [-0.15, -0.1) is 0 Å². The van der Waals surface area contributed by atoms with E-state index in [0.717, 1.165) is 22.3 Å². The smallest absolute Gasteiger partial charge is 0.238 e. The number of nitrogens with zero attached hydrogens (tertiary/aromatic N) is 2. The highest BCUT2D eigenvalue weighted by Gasteiger charge is 2.68. The molecule has 3 fully saturated rings. The van der Waals surface area contributed by atoms with Crippen molar-refractivity contribution >= 4 is 35.0 Å². The minimum absolute atomic E-state index is 0.263. The van der Waals surface area contributed by atoms with Crippen LogP contribution in [0.15, 0.2) is 48.6 Å². The van der Waals surface area contributed by atoms with E-state index in [0.29, 0.717) is 11.4 Å². The van der Waals surface area contributed by atoms with E-state index >= 15 is 0 Å². The van der Waals surface area contributed by atoms with Crippen LogP contribution in [-0.4, -0.2) is 23.6 Å². The number of hydrogen-bond acceptors (Lipinski definition) is 4. The molecule has 2 aromatic carbocycles. The molecular weight excluding hydrogens is 428 g/mol. The van der Waals surface area contributed by atoms with Crippen molar-refractivity contribution in [3.63, 3.8) is 0 Å². The molecular formula is C28H26N2O4. The van der Waals surface area contributed by atoms with E-state index in [1.54, 1.807) is 12.1 Å². The molecule has 2 aromatic rings. The molecule has 2 unspecified atom stereocenters. The zero-order valence-corrected chi connectivity index (χ0v) is 19.6. The topological polar surface area (TPSA) is 74.8 Å². The lowest BCUT2D eigenvalue weighted by Crippen LogP contribution is -2.50. The van der Waals surface area contributed by atoms with Gasteiger partial charge in [0.15, 0.2) is 0 Å². The summed E-state index contributed by atoms with van der Waals surface area (Å²) in [6.45, 7) is 7.86. The maximum Gasteiger partial charge on any atom is 0.238 e. The van der Waals surface area contributed by atoms with Crippen LogP contribution in [0, 0.1) is 63.2 Å². The number of rotatable bonds is 2. The van der Waals surface area contributed by atoms with E-state index in [2.05, 4.69) is 0 Å². The highest BCUT2D eigenvalue weighted by Crippen LogP contribution is 2.58. The third-order valence-corrected chi connectivity index (χ3v) is 8.51. The van der Waals surface area contributed by atoms with Gasteiger partial charge in [0.05, 0.1) is 35.0 Å². The van der Waals surface area contributed by atoms with E-state index in [4.69, 9.17) is 0 Å². The number of benzene rings is 2. The molecule has 6 atom stereocenters. The average Bonchev–Trinajstić information content (AvgIpc) is 3.25. The van der Waals surface area contributed by atoms with Gasteiger partial charge in [-0.1, -0.05) is 24.3 Å². The van der Waals surface area contributed by atoms with Gasteiger partial charge in [0.1, 0.15) is 0 Å². The van der Waals surface area contributed by atoms with Gasteiger partial charge in [-0.3, -0.25) is 29.0 Å². The molecule has 4 amide bonds. The normalized spacial score (nSPS) is 31.5. The highest BCUT2D eigenvalue weighted by molar-refractivity contribution is 6.26. The summed E-state index contributed by atoms with van der Waals surface area (Å²) in [5.74, 6) is -4.40. The van der Waals surface area contributed by atoms with Crippen LogP contribution >= 0.6 is 0 Å². The van der Waals surface area contributed by atoms with Gasteiger partial charge in [-0.2, -0.15) is 0 Å². The number of aryl methyl sites for hydroxylation is 4. The highest BCUT2D eigenvalue weighted by atomic mass is 16.2. The van der Waals surface area contributed by atoms with E-state index in [1.165, 1.54) is 9.80 Å². The largest absolute Gasteiger partial charge is 0.274 e. The molecule has 3 aliphatic carbocycles.